The van der Waals surface area contributed by atoms with Crippen LogP contribution < -0.4 is 0 Å². The van der Waals surface area contributed by atoms with Crippen molar-refractivity contribution in [3.05, 3.63) is 0 Å². The van der Waals surface area contributed by atoms with Crippen LogP contribution in [-0.2, 0) is 14.3 Å². The van der Waals surface area contributed by atoms with E-state index in [-0.39, 0.29) is 40.2 Å². The largest absolute Gasteiger partial charge is 0.481 e. The molecule has 0 spiro atoms. The summed E-state index contributed by atoms with van der Waals surface area (Å²) in [4.78, 5) is 24.6. The fourth-order valence-electron chi connectivity index (χ4n) is 12.6. The second-order valence-corrected chi connectivity index (χ2v) is 17.9. The third-order valence-electron chi connectivity index (χ3n) is 15.2. The molecule has 0 amide bonds. The van der Waals surface area contributed by atoms with Gasteiger partial charge in [0.15, 0.2) is 0 Å². The number of carboxylic acids is 1. The van der Waals surface area contributed by atoms with Crippen LogP contribution in [0.1, 0.15) is 133 Å². The van der Waals surface area contributed by atoms with Gasteiger partial charge in [-0.2, -0.15) is 0 Å². The van der Waals surface area contributed by atoms with Crippen molar-refractivity contribution in [1.82, 2.24) is 0 Å². The molecule has 10 atom stereocenters. The van der Waals surface area contributed by atoms with E-state index in [1.165, 1.54) is 44.9 Å². The number of carbonyl (C=O) groups excluding carboxylic acids is 1. The van der Waals surface area contributed by atoms with Crippen LogP contribution in [0, 0.1) is 68.0 Å². The van der Waals surface area contributed by atoms with E-state index in [1.54, 1.807) is 13.8 Å². The SMILES string of the molecule is CC(C)[C@@H]1CC[C@]2(CO)CC[C@]3(C)[C@H](CC[C@@H]4[C@@]5(C)CC[C@H](OC(=O)CC(C)(C)C(=O)O)C(C)(C)[C@@H]5CC[C@]43C)[C@@H]12. The molecule has 0 bridgehead atoms. The summed E-state index contributed by atoms with van der Waals surface area (Å²) in [6.45, 7) is 20.9. The second-order valence-electron chi connectivity index (χ2n) is 17.9. The first-order valence-corrected chi connectivity index (χ1v) is 16.9. The number of hydrogen-bond acceptors (Lipinski definition) is 4. The molecule has 0 aromatic heterocycles. The van der Waals surface area contributed by atoms with Gasteiger partial charge in [-0.05, 0) is 135 Å². The van der Waals surface area contributed by atoms with E-state index in [2.05, 4.69) is 48.5 Å². The predicted molar refractivity (Wildman–Crippen MR) is 162 cm³/mol. The molecule has 0 unspecified atom stereocenters. The monoisotopic (exact) mass is 572 g/mol. The number of carboxylic acid groups (broad SMARTS) is 1. The Morgan fingerprint density at radius 1 is 0.854 bits per heavy atom. The van der Waals surface area contributed by atoms with E-state index >= 15 is 0 Å². The summed E-state index contributed by atoms with van der Waals surface area (Å²) in [6, 6.07) is 0. The van der Waals surface area contributed by atoms with Gasteiger partial charge in [-0.15, -0.1) is 0 Å². The maximum absolute atomic E-state index is 13.0. The van der Waals surface area contributed by atoms with E-state index < -0.39 is 11.4 Å². The summed E-state index contributed by atoms with van der Waals surface area (Å²) in [7, 11) is 0. The maximum Gasteiger partial charge on any atom is 0.309 e. The first-order valence-electron chi connectivity index (χ1n) is 16.9. The van der Waals surface area contributed by atoms with Crippen molar-refractivity contribution >= 4 is 11.9 Å². The van der Waals surface area contributed by atoms with E-state index in [1.807, 2.05) is 0 Å². The van der Waals surface area contributed by atoms with Crippen LogP contribution in [0.2, 0.25) is 0 Å². The lowest BCUT2D eigenvalue weighted by molar-refractivity contribution is -0.253. The lowest BCUT2D eigenvalue weighted by Crippen LogP contribution is -2.67. The minimum atomic E-state index is -1.12. The van der Waals surface area contributed by atoms with E-state index in [0.717, 1.165) is 25.2 Å². The van der Waals surface area contributed by atoms with Gasteiger partial charge < -0.3 is 14.9 Å². The van der Waals surface area contributed by atoms with Crippen molar-refractivity contribution in [3.8, 4) is 0 Å². The Morgan fingerprint density at radius 2 is 1.54 bits per heavy atom. The van der Waals surface area contributed by atoms with Crippen LogP contribution in [-0.4, -0.2) is 34.9 Å². The molecule has 0 aromatic carbocycles. The summed E-state index contributed by atoms with van der Waals surface area (Å²) >= 11 is 0. The zero-order valence-corrected chi connectivity index (χ0v) is 27.6. The Hall–Kier alpha value is -1.10. The number of esters is 1. The van der Waals surface area contributed by atoms with Crippen molar-refractivity contribution in [2.24, 2.45) is 68.0 Å². The zero-order valence-electron chi connectivity index (χ0n) is 27.6. The summed E-state index contributed by atoms with van der Waals surface area (Å²) in [6.07, 6.45) is 11.6. The molecule has 0 saturated heterocycles. The Morgan fingerprint density at radius 3 is 2.15 bits per heavy atom. The molecule has 0 aliphatic heterocycles. The molecule has 234 valence electrons. The molecule has 5 rings (SSSR count). The lowest BCUT2D eigenvalue weighted by Gasteiger charge is -2.73. The highest BCUT2D eigenvalue weighted by atomic mass is 16.5. The Kier molecular flexibility index (Phi) is 7.61. The summed E-state index contributed by atoms with van der Waals surface area (Å²) in [5.41, 5.74) is -0.359. The van der Waals surface area contributed by atoms with Gasteiger partial charge in [-0.25, -0.2) is 0 Å². The van der Waals surface area contributed by atoms with Crippen molar-refractivity contribution in [2.45, 2.75) is 139 Å². The van der Waals surface area contributed by atoms with Crippen molar-refractivity contribution in [3.63, 3.8) is 0 Å². The van der Waals surface area contributed by atoms with Gasteiger partial charge in [0.1, 0.15) is 6.10 Å². The highest BCUT2D eigenvalue weighted by molar-refractivity contribution is 5.81. The van der Waals surface area contributed by atoms with Gasteiger partial charge in [0.2, 0.25) is 0 Å². The van der Waals surface area contributed by atoms with Crippen molar-refractivity contribution < 1.29 is 24.5 Å². The van der Waals surface area contributed by atoms with Crippen LogP contribution in [0.15, 0.2) is 0 Å². The first kappa shape index (κ1) is 31.3. The van der Waals surface area contributed by atoms with Crippen molar-refractivity contribution in [2.75, 3.05) is 6.61 Å². The lowest BCUT2D eigenvalue weighted by atomic mass is 9.32. The van der Waals surface area contributed by atoms with Crippen LogP contribution in [0.3, 0.4) is 0 Å². The van der Waals surface area contributed by atoms with Gasteiger partial charge in [0.25, 0.3) is 0 Å². The smallest absolute Gasteiger partial charge is 0.309 e. The van der Waals surface area contributed by atoms with Crippen molar-refractivity contribution in [1.29, 1.82) is 0 Å². The molecule has 5 saturated carbocycles. The molecular weight excluding hydrogens is 512 g/mol. The number of rotatable bonds is 6. The van der Waals surface area contributed by atoms with Gasteiger partial charge >= 0.3 is 11.9 Å². The molecule has 5 aliphatic rings. The number of carbonyl (C=O) groups is 2. The normalized spacial score (nSPS) is 47.1. The molecule has 2 N–H and O–H groups in total. The summed E-state index contributed by atoms with van der Waals surface area (Å²) in [5, 5.41) is 20.3. The molecule has 0 aromatic rings. The fraction of sp³-hybridized carbons (Fsp3) is 0.944. The molecule has 5 aliphatic carbocycles. The highest BCUT2D eigenvalue weighted by Gasteiger charge is 2.71. The molecule has 41 heavy (non-hydrogen) atoms. The summed E-state index contributed by atoms with van der Waals surface area (Å²) in [5.74, 6) is 2.54. The predicted octanol–water partition coefficient (Wildman–Crippen LogP) is 8.13. The number of aliphatic carboxylic acids is 1. The fourth-order valence-corrected chi connectivity index (χ4v) is 12.6. The zero-order chi connectivity index (χ0) is 30.4. The molecule has 5 nitrogen and oxygen atoms in total. The van der Waals surface area contributed by atoms with Gasteiger partial charge in [-0.1, -0.05) is 48.5 Å². The molecular formula is C36H60O5. The molecule has 0 heterocycles. The minimum absolute atomic E-state index is 0.0921. The summed E-state index contributed by atoms with van der Waals surface area (Å²) < 4.78 is 6.13. The second kappa shape index (κ2) is 9.96. The third-order valence-corrected chi connectivity index (χ3v) is 15.2. The number of aliphatic hydroxyl groups excluding tert-OH is 1. The van der Waals surface area contributed by atoms with E-state index in [0.29, 0.717) is 41.6 Å². The Labute approximate surface area is 250 Å². The molecule has 5 heteroatoms. The average Bonchev–Trinajstić information content (AvgIpc) is 3.26. The Balaban J connectivity index is 1.40. The number of ether oxygens (including phenoxy) is 1. The number of fused-ring (bicyclic) bond motifs is 7. The number of aliphatic hydroxyl groups is 1. The third kappa shape index (κ3) is 4.39. The first-order chi connectivity index (χ1) is 18.9. The highest BCUT2D eigenvalue weighted by Crippen LogP contribution is 2.77. The molecule has 0 radical (unpaired) electrons. The maximum atomic E-state index is 13.0. The topological polar surface area (TPSA) is 83.8 Å². The van der Waals surface area contributed by atoms with Crippen LogP contribution in [0.5, 0.6) is 0 Å². The minimum Gasteiger partial charge on any atom is -0.481 e. The average molecular weight is 573 g/mol. The van der Waals surface area contributed by atoms with Gasteiger partial charge in [-0.3, -0.25) is 9.59 Å². The van der Waals surface area contributed by atoms with Gasteiger partial charge in [0, 0.05) is 12.0 Å². The van der Waals surface area contributed by atoms with Crippen LogP contribution in [0.25, 0.3) is 0 Å². The van der Waals surface area contributed by atoms with E-state index in [4.69, 9.17) is 4.74 Å². The quantitative estimate of drug-likeness (QED) is 0.314. The number of hydrogen-bond donors (Lipinski definition) is 2. The van der Waals surface area contributed by atoms with Crippen LogP contribution in [0.4, 0.5) is 0 Å². The Bertz CT molecular complexity index is 1050. The standard InChI is InChI=1S/C36H60O5/c1-22(2)23-12-17-36(21-37)19-18-34(8)24(29(23)36)10-11-26-33(7)15-14-27(41-28(38)20-31(3,4)30(39)40)32(5,6)25(33)13-16-35(26,34)9/h22-27,29,37H,10-21H2,1-9H3,(H,39,40)/t23-,24+,25-,26+,27-,29+,33-,34+,35+,36+/m0/s1. The van der Waals surface area contributed by atoms with Gasteiger partial charge in [0.05, 0.1) is 11.8 Å². The van der Waals surface area contributed by atoms with Crippen LogP contribution >= 0.6 is 0 Å². The molecule has 5 fully saturated rings. The van der Waals surface area contributed by atoms with E-state index in [9.17, 15) is 19.8 Å².